The van der Waals surface area contributed by atoms with E-state index in [4.69, 9.17) is 10.5 Å². The molecule has 0 saturated carbocycles. The monoisotopic (exact) mass is 308 g/mol. The molecule has 1 aromatic rings. The van der Waals surface area contributed by atoms with Gasteiger partial charge in [0.15, 0.2) is 4.90 Å². The van der Waals surface area contributed by atoms with Crippen LogP contribution in [-0.4, -0.2) is 39.0 Å². The molecule has 0 saturated heterocycles. The lowest BCUT2D eigenvalue weighted by molar-refractivity contribution is 0.0736. The van der Waals surface area contributed by atoms with Gasteiger partial charge in [0.05, 0.1) is 12.7 Å². The largest absolute Gasteiger partial charge is 0.399 e. The first-order valence-electron chi connectivity index (χ1n) is 5.98. The van der Waals surface area contributed by atoms with Gasteiger partial charge in [-0.2, -0.15) is 4.31 Å². The van der Waals surface area contributed by atoms with E-state index in [1.807, 2.05) is 0 Å². The Morgan fingerprint density at radius 3 is 2.25 bits per heavy atom. The number of benzene rings is 1. The molecule has 0 unspecified atom stereocenters. The summed E-state index contributed by atoms with van der Waals surface area (Å²) in [6, 6.07) is 1.54. The number of nitrogen functional groups attached to an aromatic ring is 1. The molecule has 0 aliphatic heterocycles. The molecular formula is C12H18F2N2O3S. The van der Waals surface area contributed by atoms with E-state index in [1.165, 1.54) is 7.05 Å². The Kier molecular flexibility index (Phi) is 5.43. The minimum absolute atomic E-state index is 0.0101. The second kappa shape index (κ2) is 6.47. The second-order valence-corrected chi connectivity index (χ2v) is 6.54. The molecule has 0 aromatic heterocycles. The summed E-state index contributed by atoms with van der Waals surface area (Å²) in [6.07, 6.45) is -0.0592. The lowest BCUT2D eigenvalue weighted by Crippen LogP contribution is -2.32. The zero-order valence-corrected chi connectivity index (χ0v) is 12.4. The number of ether oxygens (including phenoxy) is 1. The third kappa shape index (κ3) is 3.87. The number of rotatable bonds is 6. The van der Waals surface area contributed by atoms with Gasteiger partial charge in [0.25, 0.3) is 0 Å². The van der Waals surface area contributed by atoms with Gasteiger partial charge in [-0.3, -0.25) is 0 Å². The lowest BCUT2D eigenvalue weighted by atomic mass is 10.3. The first-order valence-corrected chi connectivity index (χ1v) is 7.42. The first-order chi connectivity index (χ1) is 9.16. The van der Waals surface area contributed by atoms with Crippen LogP contribution >= 0.6 is 0 Å². The molecule has 114 valence electrons. The summed E-state index contributed by atoms with van der Waals surface area (Å²) in [6.45, 7) is 3.72. The van der Waals surface area contributed by atoms with Crippen LogP contribution in [0.25, 0.3) is 0 Å². The number of halogens is 2. The topological polar surface area (TPSA) is 72.6 Å². The third-order valence-corrected chi connectivity index (χ3v) is 4.46. The van der Waals surface area contributed by atoms with Crippen LogP contribution < -0.4 is 5.73 Å². The van der Waals surface area contributed by atoms with Crippen molar-refractivity contribution in [3.05, 3.63) is 23.8 Å². The van der Waals surface area contributed by atoms with Crippen LogP contribution in [-0.2, 0) is 14.8 Å². The number of hydrogen-bond acceptors (Lipinski definition) is 4. The fourth-order valence-electron chi connectivity index (χ4n) is 1.52. The molecule has 1 aromatic carbocycles. The lowest BCUT2D eigenvalue weighted by Gasteiger charge is -2.19. The molecule has 20 heavy (non-hydrogen) atoms. The average molecular weight is 308 g/mol. The van der Waals surface area contributed by atoms with Crippen molar-refractivity contribution in [2.45, 2.75) is 24.8 Å². The molecule has 0 heterocycles. The van der Waals surface area contributed by atoms with E-state index in [1.54, 1.807) is 13.8 Å². The molecule has 0 radical (unpaired) electrons. The molecule has 0 atom stereocenters. The van der Waals surface area contributed by atoms with Gasteiger partial charge in [0, 0.05) is 19.3 Å². The van der Waals surface area contributed by atoms with Gasteiger partial charge in [-0.05, 0) is 26.0 Å². The van der Waals surface area contributed by atoms with Crippen molar-refractivity contribution < 1.29 is 21.9 Å². The van der Waals surface area contributed by atoms with Crippen LogP contribution in [0.5, 0.6) is 0 Å². The molecule has 1 rings (SSSR count). The Hall–Kier alpha value is -1.25. The highest BCUT2D eigenvalue weighted by Crippen LogP contribution is 2.24. The smallest absolute Gasteiger partial charge is 0.248 e. The van der Waals surface area contributed by atoms with Crippen LogP contribution in [0.3, 0.4) is 0 Å². The average Bonchev–Trinajstić information content (AvgIpc) is 2.26. The van der Waals surface area contributed by atoms with E-state index < -0.39 is 26.6 Å². The van der Waals surface area contributed by atoms with Crippen LogP contribution in [0, 0.1) is 11.6 Å². The minimum Gasteiger partial charge on any atom is -0.399 e. The molecule has 0 spiro atoms. The van der Waals surface area contributed by atoms with Crippen LogP contribution in [0.1, 0.15) is 13.8 Å². The Labute approximate surface area is 117 Å². The fourth-order valence-corrected chi connectivity index (χ4v) is 2.76. The van der Waals surface area contributed by atoms with Gasteiger partial charge in [0.1, 0.15) is 11.6 Å². The summed E-state index contributed by atoms with van der Waals surface area (Å²) in [7, 11) is -3.04. The molecule has 0 amide bonds. The van der Waals surface area contributed by atoms with Gasteiger partial charge < -0.3 is 10.5 Å². The van der Waals surface area contributed by atoms with Crippen molar-refractivity contribution in [3.8, 4) is 0 Å². The Morgan fingerprint density at radius 1 is 1.30 bits per heavy atom. The normalized spacial score (nSPS) is 12.3. The van der Waals surface area contributed by atoms with Gasteiger partial charge in [-0.1, -0.05) is 0 Å². The van der Waals surface area contributed by atoms with Crippen LogP contribution in [0.2, 0.25) is 0 Å². The van der Waals surface area contributed by atoms with Crippen LogP contribution in [0.4, 0.5) is 14.5 Å². The zero-order chi connectivity index (χ0) is 15.5. The summed E-state index contributed by atoms with van der Waals surface area (Å²) in [5.41, 5.74) is 5.08. The van der Waals surface area contributed by atoms with Gasteiger partial charge >= 0.3 is 0 Å². The van der Waals surface area contributed by atoms with E-state index in [0.29, 0.717) is 0 Å². The Morgan fingerprint density at radius 2 is 1.80 bits per heavy atom. The highest BCUT2D eigenvalue weighted by atomic mass is 32.2. The molecule has 0 fully saturated rings. The predicted octanol–water partition coefficient (Wildman–Crippen LogP) is 1.59. The highest BCUT2D eigenvalue weighted by Gasteiger charge is 2.28. The standard InChI is InChI=1S/C12H18F2N2O3S/c1-8(2)19-5-4-16(3)20(17,18)12-10(13)6-9(15)7-11(12)14/h6-8H,4-5,15H2,1-3H3. The molecule has 8 heteroatoms. The number of hydrogen-bond donors (Lipinski definition) is 1. The van der Waals surface area contributed by atoms with Crippen molar-refractivity contribution in [1.29, 1.82) is 0 Å². The van der Waals surface area contributed by atoms with Crippen molar-refractivity contribution in [3.63, 3.8) is 0 Å². The van der Waals surface area contributed by atoms with E-state index in [9.17, 15) is 17.2 Å². The van der Waals surface area contributed by atoms with Crippen molar-refractivity contribution >= 4 is 15.7 Å². The van der Waals surface area contributed by atoms with Gasteiger partial charge in [0.2, 0.25) is 10.0 Å². The molecule has 5 nitrogen and oxygen atoms in total. The third-order valence-electron chi connectivity index (χ3n) is 2.55. The Balaban J connectivity index is 2.99. The molecule has 2 N–H and O–H groups in total. The Bertz CT molecular complexity index is 553. The van der Waals surface area contributed by atoms with E-state index >= 15 is 0 Å². The quantitative estimate of drug-likeness (QED) is 0.810. The maximum absolute atomic E-state index is 13.7. The predicted molar refractivity (Wildman–Crippen MR) is 71.7 cm³/mol. The number of nitrogens with two attached hydrogens (primary N) is 1. The number of nitrogens with zero attached hydrogens (tertiary/aromatic N) is 1. The minimum atomic E-state index is -4.27. The van der Waals surface area contributed by atoms with Crippen molar-refractivity contribution in [2.24, 2.45) is 0 Å². The summed E-state index contributed by atoms with van der Waals surface area (Å²) in [5.74, 6) is -2.42. The first kappa shape index (κ1) is 16.8. The highest BCUT2D eigenvalue weighted by molar-refractivity contribution is 7.89. The zero-order valence-electron chi connectivity index (χ0n) is 11.6. The molecule has 0 aliphatic carbocycles. The maximum atomic E-state index is 13.7. The summed E-state index contributed by atoms with van der Waals surface area (Å²) >= 11 is 0. The van der Waals surface area contributed by atoms with E-state index in [0.717, 1.165) is 16.4 Å². The number of likely N-dealkylation sites (N-methyl/N-ethyl adjacent to an activating group) is 1. The van der Waals surface area contributed by atoms with Crippen LogP contribution in [0.15, 0.2) is 17.0 Å². The molecule has 0 bridgehead atoms. The maximum Gasteiger partial charge on any atom is 0.248 e. The number of anilines is 1. The molecular weight excluding hydrogens is 290 g/mol. The molecule has 0 aliphatic rings. The van der Waals surface area contributed by atoms with Crippen molar-refractivity contribution in [1.82, 2.24) is 4.31 Å². The van der Waals surface area contributed by atoms with Gasteiger partial charge in [-0.25, -0.2) is 17.2 Å². The second-order valence-electron chi connectivity index (χ2n) is 4.56. The summed E-state index contributed by atoms with van der Waals surface area (Å²) in [4.78, 5) is -1.00. The summed E-state index contributed by atoms with van der Waals surface area (Å²) in [5, 5.41) is 0. The number of sulfonamides is 1. The van der Waals surface area contributed by atoms with Crippen molar-refractivity contribution in [2.75, 3.05) is 25.9 Å². The van der Waals surface area contributed by atoms with E-state index in [2.05, 4.69) is 0 Å². The van der Waals surface area contributed by atoms with Gasteiger partial charge in [-0.15, -0.1) is 0 Å². The fraction of sp³-hybridized carbons (Fsp3) is 0.500. The SMILES string of the molecule is CC(C)OCCN(C)S(=O)(=O)c1c(F)cc(N)cc1F. The summed E-state index contributed by atoms with van der Waals surface area (Å²) < 4.78 is 57.6. The van der Waals surface area contributed by atoms with E-state index in [-0.39, 0.29) is 24.9 Å².